The smallest absolute Gasteiger partial charge is 0.312 e. The van der Waals surface area contributed by atoms with Crippen LogP contribution in [-0.4, -0.2) is 69.7 Å². The Balaban J connectivity index is 1.54. The van der Waals surface area contributed by atoms with Crippen LogP contribution in [-0.2, 0) is 20.8 Å². The highest BCUT2D eigenvalue weighted by Gasteiger charge is 2.29. The molecule has 1 aliphatic rings. The first-order valence-corrected chi connectivity index (χ1v) is 9.30. The summed E-state index contributed by atoms with van der Waals surface area (Å²) < 4.78 is 12.2. The summed E-state index contributed by atoms with van der Waals surface area (Å²) in [4.78, 5) is 39.4. The van der Waals surface area contributed by atoms with Gasteiger partial charge >= 0.3 is 5.97 Å². The summed E-state index contributed by atoms with van der Waals surface area (Å²) in [6.45, 7) is 1.86. The van der Waals surface area contributed by atoms with E-state index in [0.717, 1.165) is 5.56 Å². The third-order valence-corrected chi connectivity index (χ3v) is 4.87. The number of carbonyl (C=O) groups excluding carboxylic acids is 2. The number of esters is 1. The molecule has 150 valence electrons. The lowest BCUT2D eigenvalue weighted by Crippen LogP contribution is -2.38. The molecule has 9 heteroatoms. The molecule has 0 bridgehead atoms. The molecule has 29 heavy (non-hydrogen) atoms. The number of fused-ring (bicyclic) bond motifs is 1. The lowest BCUT2D eigenvalue weighted by Gasteiger charge is -2.22. The molecule has 4 heterocycles. The first-order valence-electron chi connectivity index (χ1n) is 9.30. The van der Waals surface area contributed by atoms with E-state index in [1.165, 1.54) is 7.11 Å². The predicted octanol–water partition coefficient (Wildman–Crippen LogP) is 1.14. The van der Waals surface area contributed by atoms with Gasteiger partial charge in [0.05, 0.1) is 44.7 Å². The summed E-state index contributed by atoms with van der Waals surface area (Å²) in [5.74, 6) is -1.09. The lowest BCUT2D eigenvalue weighted by molar-refractivity contribution is -0.147. The van der Waals surface area contributed by atoms with Gasteiger partial charge in [-0.15, -0.1) is 0 Å². The summed E-state index contributed by atoms with van der Waals surface area (Å²) in [5.41, 5.74) is 2.79. The zero-order valence-corrected chi connectivity index (χ0v) is 16.0. The molecule has 1 amide bonds. The predicted molar refractivity (Wildman–Crippen MR) is 103 cm³/mol. The van der Waals surface area contributed by atoms with Gasteiger partial charge < -0.3 is 18.9 Å². The van der Waals surface area contributed by atoms with Gasteiger partial charge in [-0.1, -0.05) is 6.07 Å². The molecule has 0 spiro atoms. The molecule has 0 saturated carbocycles. The van der Waals surface area contributed by atoms with Gasteiger partial charge in [0.2, 0.25) is 0 Å². The van der Waals surface area contributed by atoms with Crippen molar-refractivity contribution in [1.29, 1.82) is 0 Å². The fraction of sp³-hybridized carbons (Fsp3) is 0.350. The summed E-state index contributed by atoms with van der Waals surface area (Å²) in [6, 6.07) is 5.59. The van der Waals surface area contributed by atoms with Crippen LogP contribution < -0.4 is 0 Å². The van der Waals surface area contributed by atoms with E-state index in [1.54, 1.807) is 35.9 Å². The third-order valence-electron chi connectivity index (χ3n) is 4.87. The van der Waals surface area contributed by atoms with Gasteiger partial charge in [0.25, 0.3) is 5.91 Å². The number of aromatic nitrogens is 4. The normalized spacial score (nSPS) is 17.1. The van der Waals surface area contributed by atoms with Gasteiger partial charge in [-0.2, -0.15) is 0 Å². The Labute approximate surface area is 167 Å². The van der Waals surface area contributed by atoms with Crippen molar-refractivity contribution < 1.29 is 19.1 Å². The van der Waals surface area contributed by atoms with E-state index in [2.05, 4.69) is 15.0 Å². The second kappa shape index (κ2) is 8.36. The molecule has 0 N–H and O–H groups in total. The highest BCUT2D eigenvalue weighted by atomic mass is 16.5. The van der Waals surface area contributed by atoms with E-state index in [9.17, 15) is 9.59 Å². The number of hydrogen-bond donors (Lipinski definition) is 0. The van der Waals surface area contributed by atoms with Gasteiger partial charge in [0, 0.05) is 31.7 Å². The zero-order chi connectivity index (χ0) is 20.2. The van der Waals surface area contributed by atoms with Crippen molar-refractivity contribution in [1.82, 2.24) is 24.4 Å². The van der Waals surface area contributed by atoms with Crippen molar-refractivity contribution >= 4 is 23.0 Å². The quantitative estimate of drug-likeness (QED) is 0.611. The zero-order valence-electron chi connectivity index (χ0n) is 16.0. The molecule has 1 unspecified atom stereocenters. The Kier molecular flexibility index (Phi) is 5.48. The maximum absolute atomic E-state index is 13.0. The SMILES string of the molecule is COC(=O)C1COCCN(C(=O)c2cnc3c(c2)ncn3Cc2cccnc2)C1. The molecule has 1 aliphatic heterocycles. The number of nitrogens with zero attached hydrogens (tertiary/aromatic N) is 5. The first kappa shape index (κ1) is 19.0. The van der Waals surface area contributed by atoms with Crippen LogP contribution in [0.25, 0.3) is 11.2 Å². The van der Waals surface area contributed by atoms with Gasteiger partial charge in [-0.25, -0.2) is 9.97 Å². The Bertz CT molecular complexity index is 1020. The van der Waals surface area contributed by atoms with Crippen LogP contribution >= 0.6 is 0 Å². The van der Waals surface area contributed by atoms with Crippen molar-refractivity contribution in [3.63, 3.8) is 0 Å². The van der Waals surface area contributed by atoms with E-state index < -0.39 is 5.92 Å². The number of pyridine rings is 2. The van der Waals surface area contributed by atoms with E-state index in [4.69, 9.17) is 9.47 Å². The highest BCUT2D eigenvalue weighted by molar-refractivity contribution is 5.96. The molecule has 4 rings (SSSR count). The monoisotopic (exact) mass is 395 g/mol. The second-order valence-corrected chi connectivity index (χ2v) is 6.85. The van der Waals surface area contributed by atoms with Gasteiger partial charge in [0.15, 0.2) is 5.65 Å². The second-order valence-electron chi connectivity index (χ2n) is 6.85. The van der Waals surface area contributed by atoms with Crippen LogP contribution in [0.3, 0.4) is 0 Å². The van der Waals surface area contributed by atoms with Crippen molar-refractivity contribution in [2.24, 2.45) is 5.92 Å². The summed E-state index contributed by atoms with van der Waals surface area (Å²) in [5, 5.41) is 0. The number of ether oxygens (including phenoxy) is 2. The van der Waals surface area contributed by atoms with Gasteiger partial charge in [-0.3, -0.25) is 14.6 Å². The number of imidazole rings is 1. The van der Waals surface area contributed by atoms with Crippen molar-refractivity contribution in [2.75, 3.05) is 33.4 Å². The molecule has 3 aromatic heterocycles. The number of amides is 1. The average Bonchev–Trinajstić information content (AvgIpc) is 2.99. The molecule has 0 radical (unpaired) electrons. The molecule has 1 atom stereocenters. The Hall–Kier alpha value is -3.33. The lowest BCUT2D eigenvalue weighted by atomic mass is 10.1. The number of rotatable bonds is 4. The molecular formula is C20H21N5O4. The van der Waals surface area contributed by atoms with Crippen LogP contribution in [0.4, 0.5) is 0 Å². The van der Waals surface area contributed by atoms with Gasteiger partial charge in [0.1, 0.15) is 5.52 Å². The van der Waals surface area contributed by atoms with Crippen LogP contribution in [0.2, 0.25) is 0 Å². The van der Waals surface area contributed by atoms with Crippen LogP contribution in [0, 0.1) is 5.92 Å². The minimum Gasteiger partial charge on any atom is -0.469 e. The molecule has 1 fully saturated rings. The third kappa shape index (κ3) is 4.09. The maximum atomic E-state index is 13.0. The van der Waals surface area contributed by atoms with Gasteiger partial charge in [-0.05, 0) is 17.7 Å². The molecule has 1 saturated heterocycles. The van der Waals surface area contributed by atoms with E-state index in [0.29, 0.717) is 36.4 Å². The fourth-order valence-electron chi connectivity index (χ4n) is 3.36. The van der Waals surface area contributed by atoms with Crippen LogP contribution in [0.15, 0.2) is 43.1 Å². The standard InChI is InChI=1S/C20H21N5O4/c1-28-20(27)16-11-24(5-6-29-12-16)19(26)15-7-17-18(22-9-15)25(13-23-17)10-14-3-2-4-21-8-14/h2-4,7-9,13,16H,5-6,10-12H2,1H3. The van der Waals surface area contributed by atoms with Crippen LogP contribution in [0.5, 0.6) is 0 Å². The summed E-state index contributed by atoms with van der Waals surface area (Å²) >= 11 is 0. The Morgan fingerprint density at radius 1 is 1.31 bits per heavy atom. The number of carbonyl (C=O) groups is 2. The molecule has 3 aromatic rings. The van der Waals surface area contributed by atoms with E-state index in [-0.39, 0.29) is 25.0 Å². The van der Waals surface area contributed by atoms with E-state index in [1.807, 2.05) is 16.7 Å². The summed E-state index contributed by atoms with van der Waals surface area (Å²) in [7, 11) is 1.33. The molecule has 0 aromatic carbocycles. The van der Waals surface area contributed by atoms with Crippen molar-refractivity contribution in [2.45, 2.75) is 6.54 Å². The van der Waals surface area contributed by atoms with Crippen LogP contribution in [0.1, 0.15) is 15.9 Å². The van der Waals surface area contributed by atoms with E-state index >= 15 is 0 Å². The largest absolute Gasteiger partial charge is 0.469 e. The summed E-state index contributed by atoms with van der Waals surface area (Å²) in [6.07, 6.45) is 6.77. The fourth-order valence-corrected chi connectivity index (χ4v) is 3.36. The number of methoxy groups -OCH3 is 1. The highest BCUT2D eigenvalue weighted by Crippen LogP contribution is 2.17. The molecule has 9 nitrogen and oxygen atoms in total. The van der Waals surface area contributed by atoms with Crippen molar-refractivity contribution in [3.05, 3.63) is 54.2 Å². The molecule has 0 aliphatic carbocycles. The average molecular weight is 395 g/mol. The van der Waals surface area contributed by atoms with Crippen molar-refractivity contribution in [3.8, 4) is 0 Å². The molecular weight excluding hydrogens is 374 g/mol. The Morgan fingerprint density at radius 3 is 3.00 bits per heavy atom. The minimum absolute atomic E-state index is 0.208. The first-order chi connectivity index (χ1) is 14.2. The number of hydrogen-bond acceptors (Lipinski definition) is 7. The minimum atomic E-state index is -0.498. The maximum Gasteiger partial charge on any atom is 0.312 e. The topological polar surface area (TPSA) is 99.4 Å². The Morgan fingerprint density at radius 2 is 2.21 bits per heavy atom.